The average Bonchev–Trinajstić information content (AvgIpc) is 2.93. The number of aromatic nitrogens is 4. The highest BCUT2D eigenvalue weighted by Gasteiger charge is 2.05. The van der Waals surface area contributed by atoms with Crippen molar-refractivity contribution in [1.29, 1.82) is 0 Å². The fourth-order valence-electron chi connectivity index (χ4n) is 1.70. The summed E-state index contributed by atoms with van der Waals surface area (Å²) in [6.45, 7) is 2.67. The second-order valence-corrected chi connectivity index (χ2v) is 4.87. The van der Waals surface area contributed by atoms with E-state index in [1.807, 2.05) is 19.2 Å². The van der Waals surface area contributed by atoms with E-state index in [-0.39, 0.29) is 0 Å². The third-order valence-electron chi connectivity index (χ3n) is 2.49. The molecular weight excluding hydrogens is 234 g/mol. The van der Waals surface area contributed by atoms with Crippen LogP contribution in [-0.4, -0.2) is 20.2 Å². The number of H-pyrrole nitrogens is 1. The van der Waals surface area contributed by atoms with Crippen LogP contribution in [0.3, 0.4) is 0 Å². The minimum atomic E-state index is 0.723. The molecule has 3 aromatic heterocycles. The molecule has 0 aliphatic rings. The number of anilines is 1. The Balaban J connectivity index is 1.81. The van der Waals surface area contributed by atoms with E-state index in [9.17, 15) is 0 Å². The molecule has 86 valence electrons. The number of aryl methyl sites for hydroxylation is 1. The summed E-state index contributed by atoms with van der Waals surface area (Å²) in [5.41, 5.74) is 2.10. The second kappa shape index (κ2) is 4.14. The van der Waals surface area contributed by atoms with Crippen molar-refractivity contribution < 1.29 is 0 Å². The molecule has 0 saturated heterocycles. The van der Waals surface area contributed by atoms with Gasteiger partial charge in [0.25, 0.3) is 0 Å². The Morgan fingerprint density at radius 3 is 3.18 bits per heavy atom. The Morgan fingerprint density at radius 1 is 1.41 bits per heavy atom. The molecule has 0 fully saturated rings. The largest absolute Gasteiger partial charge is 0.356 e. The van der Waals surface area contributed by atoms with Gasteiger partial charge in [0, 0.05) is 24.3 Å². The summed E-state index contributed by atoms with van der Waals surface area (Å²) < 4.78 is 0. The number of hydrogen-bond donors (Lipinski definition) is 2. The van der Waals surface area contributed by atoms with Gasteiger partial charge in [-0.1, -0.05) is 11.3 Å². The number of aromatic amines is 1. The normalized spacial score (nSPS) is 10.9. The lowest BCUT2D eigenvalue weighted by Gasteiger charge is -1.99. The minimum absolute atomic E-state index is 0.723. The first kappa shape index (κ1) is 10.2. The van der Waals surface area contributed by atoms with E-state index in [1.54, 1.807) is 17.5 Å². The van der Waals surface area contributed by atoms with E-state index in [0.717, 1.165) is 27.7 Å². The van der Waals surface area contributed by atoms with Crippen LogP contribution in [0.25, 0.3) is 11.0 Å². The fraction of sp³-hybridized carbons (Fsp3) is 0.182. The van der Waals surface area contributed by atoms with Crippen LogP contribution in [-0.2, 0) is 6.54 Å². The number of pyridine rings is 1. The molecule has 0 aliphatic carbocycles. The van der Waals surface area contributed by atoms with Gasteiger partial charge in [-0.15, -0.1) is 10.2 Å². The molecule has 0 aliphatic heterocycles. The van der Waals surface area contributed by atoms with Crippen molar-refractivity contribution in [1.82, 2.24) is 20.2 Å². The van der Waals surface area contributed by atoms with Crippen LogP contribution >= 0.6 is 11.3 Å². The zero-order valence-corrected chi connectivity index (χ0v) is 10.1. The minimum Gasteiger partial charge on any atom is -0.356 e. The van der Waals surface area contributed by atoms with Gasteiger partial charge in [0.2, 0.25) is 5.13 Å². The van der Waals surface area contributed by atoms with Crippen molar-refractivity contribution in [2.75, 3.05) is 5.32 Å². The molecule has 3 aromatic rings. The van der Waals surface area contributed by atoms with Gasteiger partial charge in [-0.2, -0.15) is 0 Å². The van der Waals surface area contributed by atoms with Crippen molar-refractivity contribution in [2.24, 2.45) is 0 Å². The van der Waals surface area contributed by atoms with Crippen LogP contribution in [0.1, 0.15) is 10.6 Å². The molecule has 0 atom stereocenters. The highest BCUT2D eigenvalue weighted by Crippen LogP contribution is 2.19. The molecule has 5 nitrogen and oxygen atoms in total. The zero-order chi connectivity index (χ0) is 11.7. The van der Waals surface area contributed by atoms with Gasteiger partial charge >= 0.3 is 0 Å². The zero-order valence-electron chi connectivity index (χ0n) is 9.27. The molecule has 0 saturated carbocycles. The van der Waals surface area contributed by atoms with Crippen LogP contribution in [0.5, 0.6) is 0 Å². The third kappa shape index (κ3) is 1.99. The first-order valence-electron chi connectivity index (χ1n) is 5.28. The summed E-state index contributed by atoms with van der Waals surface area (Å²) in [7, 11) is 0. The molecular formula is C11H11N5S. The van der Waals surface area contributed by atoms with Crippen molar-refractivity contribution in [3.8, 4) is 0 Å². The van der Waals surface area contributed by atoms with E-state index in [4.69, 9.17) is 0 Å². The van der Waals surface area contributed by atoms with Crippen LogP contribution < -0.4 is 5.32 Å². The standard InChI is InChI=1S/C11H11N5S/c1-7-15-16-11(17-7)14-6-8-5-13-10-9(8)3-2-4-12-10/h2-5H,6H2,1H3,(H,12,13)(H,14,16). The second-order valence-electron chi connectivity index (χ2n) is 3.69. The van der Waals surface area contributed by atoms with Gasteiger partial charge in [-0.3, -0.25) is 0 Å². The Kier molecular flexibility index (Phi) is 2.49. The van der Waals surface area contributed by atoms with Crippen LogP contribution in [0, 0.1) is 6.92 Å². The van der Waals surface area contributed by atoms with E-state index in [1.165, 1.54) is 5.56 Å². The Labute approximate surface area is 102 Å². The Morgan fingerprint density at radius 2 is 2.35 bits per heavy atom. The van der Waals surface area contributed by atoms with Crippen molar-refractivity contribution in [3.63, 3.8) is 0 Å². The summed E-state index contributed by atoms with van der Waals surface area (Å²) in [5.74, 6) is 0. The van der Waals surface area contributed by atoms with E-state index < -0.39 is 0 Å². The fourth-order valence-corrected chi connectivity index (χ4v) is 2.29. The third-order valence-corrected chi connectivity index (χ3v) is 3.29. The molecule has 0 bridgehead atoms. The molecule has 2 N–H and O–H groups in total. The smallest absolute Gasteiger partial charge is 0.205 e. The topological polar surface area (TPSA) is 66.5 Å². The molecule has 0 radical (unpaired) electrons. The molecule has 0 unspecified atom stereocenters. The van der Waals surface area contributed by atoms with Crippen molar-refractivity contribution in [2.45, 2.75) is 13.5 Å². The Hall–Kier alpha value is -1.95. The van der Waals surface area contributed by atoms with Gasteiger partial charge in [-0.25, -0.2) is 4.98 Å². The van der Waals surface area contributed by atoms with Crippen LogP contribution in [0.2, 0.25) is 0 Å². The number of fused-ring (bicyclic) bond motifs is 1. The number of rotatable bonds is 3. The number of nitrogens with zero attached hydrogens (tertiary/aromatic N) is 3. The quantitative estimate of drug-likeness (QED) is 0.743. The summed E-state index contributed by atoms with van der Waals surface area (Å²) in [6.07, 6.45) is 3.75. The SMILES string of the molecule is Cc1nnc(NCc2c[nH]c3ncccc23)s1. The lowest BCUT2D eigenvalue weighted by Crippen LogP contribution is -1.97. The Bertz CT molecular complexity index is 642. The summed E-state index contributed by atoms with van der Waals surface area (Å²) in [6, 6.07) is 4.00. The molecule has 6 heteroatoms. The molecule has 17 heavy (non-hydrogen) atoms. The molecule has 0 amide bonds. The first-order valence-corrected chi connectivity index (χ1v) is 6.09. The van der Waals surface area contributed by atoms with Crippen LogP contribution in [0.15, 0.2) is 24.5 Å². The molecule has 3 heterocycles. The molecule has 3 rings (SSSR count). The maximum atomic E-state index is 4.25. The van der Waals surface area contributed by atoms with Crippen molar-refractivity contribution >= 4 is 27.5 Å². The maximum Gasteiger partial charge on any atom is 0.205 e. The monoisotopic (exact) mass is 245 g/mol. The number of hydrogen-bond acceptors (Lipinski definition) is 5. The van der Waals surface area contributed by atoms with Gasteiger partial charge in [0.05, 0.1) is 0 Å². The predicted molar refractivity (Wildman–Crippen MR) is 68.1 cm³/mol. The highest BCUT2D eigenvalue weighted by atomic mass is 32.1. The van der Waals surface area contributed by atoms with Gasteiger partial charge in [-0.05, 0) is 24.6 Å². The average molecular weight is 245 g/mol. The summed E-state index contributed by atoms with van der Waals surface area (Å²) >= 11 is 1.56. The van der Waals surface area contributed by atoms with Crippen LogP contribution in [0.4, 0.5) is 5.13 Å². The summed E-state index contributed by atoms with van der Waals surface area (Å²) in [4.78, 5) is 7.40. The highest BCUT2D eigenvalue weighted by molar-refractivity contribution is 7.15. The first-order chi connectivity index (χ1) is 8.33. The lowest BCUT2D eigenvalue weighted by molar-refractivity contribution is 1.03. The van der Waals surface area contributed by atoms with Gasteiger partial charge in [0.15, 0.2) is 0 Å². The molecule has 0 aromatic carbocycles. The number of nitrogens with one attached hydrogen (secondary N) is 2. The lowest BCUT2D eigenvalue weighted by atomic mass is 10.2. The van der Waals surface area contributed by atoms with Crippen molar-refractivity contribution in [3.05, 3.63) is 35.1 Å². The van der Waals surface area contributed by atoms with E-state index in [2.05, 4.69) is 31.5 Å². The van der Waals surface area contributed by atoms with Gasteiger partial charge in [0.1, 0.15) is 10.7 Å². The summed E-state index contributed by atoms with van der Waals surface area (Å²) in [5, 5.41) is 14.2. The predicted octanol–water partition coefficient (Wildman–Crippen LogP) is 2.33. The van der Waals surface area contributed by atoms with Gasteiger partial charge < -0.3 is 10.3 Å². The maximum absolute atomic E-state index is 4.25. The molecule has 0 spiro atoms. The van der Waals surface area contributed by atoms with E-state index >= 15 is 0 Å². The van der Waals surface area contributed by atoms with E-state index in [0.29, 0.717) is 0 Å².